The molecule has 25 heavy (non-hydrogen) atoms. The molecule has 0 aliphatic heterocycles. The largest absolute Gasteiger partial charge is 0.338 e. The van der Waals surface area contributed by atoms with E-state index in [1.54, 1.807) is 6.20 Å². The Bertz CT molecular complexity index is 1080. The summed E-state index contributed by atoms with van der Waals surface area (Å²) in [5, 5.41) is 2.22. The van der Waals surface area contributed by atoms with Gasteiger partial charge in [-0.1, -0.05) is 30.3 Å². The summed E-state index contributed by atoms with van der Waals surface area (Å²) in [5.41, 5.74) is 6.04. The van der Waals surface area contributed by atoms with Gasteiger partial charge in [0.1, 0.15) is 5.65 Å². The molecule has 0 aliphatic rings. The van der Waals surface area contributed by atoms with Crippen LogP contribution in [0.5, 0.6) is 0 Å². The lowest BCUT2D eigenvalue weighted by Gasteiger charge is -2.02. The number of hydrogen-bond acceptors (Lipinski definition) is 3. The highest BCUT2D eigenvalue weighted by atomic mass is 14.9. The molecule has 0 saturated heterocycles. The third-order valence-electron chi connectivity index (χ3n) is 4.40. The zero-order valence-corrected chi connectivity index (χ0v) is 13.3. The van der Waals surface area contributed by atoms with Crippen LogP contribution in [-0.4, -0.2) is 19.9 Å². The molecule has 0 saturated carbocycles. The summed E-state index contributed by atoms with van der Waals surface area (Å²) >= 11 is 0. The fourth-order valence-electron chi connectivity index (χ4n) is 3.14. The summed E-state index contributed by atoms with van der Waals surface area (Å²) in [5.74, 6) is 0. The minimum Gasteiger partial charge on any atom is -0.338 e. The van der Waals surface area contributed by atoms with Gasteiger partial charge in [0.05, 0.1) is 17.4 Å². The molecule has 118 valence electrons. The Morgan fingerprint density at radius 1 is 0.680 bits per heavy atom. The third kappa shape index (κ3) is 2.35. The SMILES string of the molecule is c1ccc(-c2cnc3[nH]c4cnc(-c5cccnc5)cc4c3c2)cc1. The molecule has 0 atom stereocenters. The van der Waals surface area contributed by atoms with Crippen molar-refractivity contribution >= 4 is 21.9 Å². The van der Waals surface area contributed by atoms with Gasteiger partial charge in [-0.2, -0.15) is 0 Å². The Morgan fingerprint density at radius 2 is 1.56 bits per heavy atom. The van der Waals surface area contributed by atoms with E-state index in [0.717, 1.165) is 44.3 Å². The van der Waals surface area contributed by atoms with Crippen molar-refractivity contribution in [1.29, 1.82) is 0 Å². The number of rotatable bonds is 2. The predicted octanol–water partition coefficient (Wildman–Crippen LogP) is 4.84. The second kappa shape index (κ2) is 5.53. The minimum atomic E-state index is 0.875. The Morgan fingerprint density at radius 3 is 2.40 bits per heavy atom. The van der Waals surface area contributed by atoms with Crippen molar-refractivity contribution in [1.82, 2.24) is 19.9 Å². The third-order valence-corrected chi connectivity index (χ3v) is 4.40. The van der Waals surface area contributed by atoms with Gasteiger partial charge >= 0.3 is 0 Å². The lowest BCUT2D eigenvalue weighted by molar-refractivity contribution is 1.28. The molecule has 5 rings (SSSR count). The van der Waals surface area contributed by atoms with Crippen molar-refractivity contribution in [3.8, 4) is 22.4 Å². The van der Waals surface area contributed by atoms with E-state index in [2.05, 4.69) is 44.2 Å². The van der Waals surface area contributed by atoms with Crippen LogP contribution < -0.4 is 0 Å². The number of H-pyrrole nitrogens is 1. The van der Waals surface area contributed by atoms with Gasteiger partial charge in [0.25, 0.3) is 0 Å². The number of aromatic nitrogens is 4. The average molecular weight is 322 g/mol. The van der Waals surface area contributed by atoms with Crippen LogP contribution in [-0.2, 0) is 0 Å². The Kier molecular flexibility index (Phi) is 3.07. The summed E-state index contributed by atoms with van der Waals surface area (Å²) in [6, 6.07) is 18.5. The fourth-order valence-corrected chi connectivity index (χ4v) is 3.14. The Hall–Kier alpha value is -3.53. The number of hydrogen-bond donors (Lipinski definition) is 1. The molecule has 1 N–H and O–H groups in total. The molecule has 4 nitrogen and oxygen atoms in total. The second-order valence-electron chi connectivity index (χ2n) is 5.97. The first-order valence-corrected chi connectivity index (χ1v) is 8.12. The molecule has 1 aromatic carbocycles. The van der Waals surface area contributed by atoms with Crippen LogP contribution in [0.1, 0.15) is 0 Å². The van der Waals surface area contributed by atoms with Crippen molar-refractivity contribution in [2.24, 2.45) is 0 Å². The molecule has 0 radical (unpaired) electrons. The number of aromatic amines is 1. The van der Waals surface area contributed by atoms with E-state index < -0.39 is 0 Å². The quantitative estimate of drug-likeness (QED) is 0.506. The summed E-state index contributed by atoms with van der Waals surface area (Å²) in [6.45, 7) is 0. The van der Waals surface area contributed by atoms with E-state index in [9.17, 15) is 0 Å². The van der Waals surface area contributed by atoms with Gasteiger partial charge in [0, 0.05) is 40.5 Å². The molecule has 0 unspecified atom stereocenters. The molecule has 4 heterocycles. The molecule has 0 spiro atoms. The zero-order chi connectivity index (χ0) is 16.6. The molecule has 0 fully saturated rings. The zero-order valence-electron chi connectivity index (χ0n) is 13.3. The highest BCUT2D eigenvalue weighted by molar-refractivity contribution is 6.07. The molecule has 0 amide bonds. The van der Waals surface area contributed by atoms with E-state index in [1.165, 1.54) is 0 Å². The predicted molar refractivity (Wildman–Crippen MR) is 100 cm³/mol. The maximum atomic E-state index is 4.60. The van der Waals surface area contributed by atoms with E-state index in [1.807, 2.05) is 48.9 Å². The maximum Gasteiger partial charge on any atom is 0.138 e. The average Bonchev–Trinajstić information content (AvgIpc) is 3.06. The van der Waals surface area contributed by atoms with Crippen molar-refractivity contribution in [3.63, 3.8) is 0 Å². The summed E-state index contributed by atoms with van der Waals surface area (Å²) in [4.78, 5) is 16.7. The lowest BCUT2D eigenvalue weighted by Crippen LogP contribution is -1.84. The highest BCUT2D eigenvalue weighted by Gasteiger charge is 2.10. The van der Waals surface area contributed by atoms with Gasteiger partial charge in [0.2, 0.25) is 0 Å². The molecule has 4 heteroatoms. The van der Waals surface area contributed by atoms with Crippen LogP contribution in [0.15, 0.2) is 79.4 Å². The van der Waals surface area contributed by atoms with Crippen molar-refractivity contribution in [2.75, 3.05) is 0 Å². The number of pyridine rings is 3. The minimum absolute atomic E-state index is 0.875. The van der Waals surface area contributed by atoms with Crippen molar-refractivity contribution < 1.29 is 0 Å². The van der Waals surface area contributed by atoms with Crippen molar-refractivity contribution in [3.05, 3.63) is 79.4 Å². The smallest absolute Gasteiger partial charge is 0.138 e. The standard InChI is InChI=1S/C21H14N4/c1-2-5-14(6-3-1)16-9-18-17-10-19(15-7-4-8-22-11-15)23-13-20(17)25-21(18)24-12-16/h1-13H,(H,24,25). The normalized spacial score (nSPS) is 11.2. The highest BCUT2D eigenvalue weighted by Crippen LogP contribution is 2.30. The first-order valence-electron chi connectivity index (χ1n) is 8.12. The topological polar surface area (TPSA) is 54.5 Å². The Balaban J connectivity index is 1.73. The second-order valence-corrected chi connectivity index (χ2v) is 5.97. The van der Waals surface area contributed by atoms with Gasteiger partial charge in [0.15, 0.2) is 0 Å². The molecule has 5 aromatic rings. The number of fused-ring (bicyclic) bond motifs is 3. The monoisotopic (exact) mass is 322 g/mol. The Labute approximate surface area is 144 Å². The van der Waals surface area contributed by atoms with Gasteiger partial charge < -0.3 is 4.98 Å². The van der Waals surface area contributed by atoms with E-state index >= 15 is 0 Å². The van der Waals surface area contributed by atoms with E-state index in [-0.39, 0.29) is 0 Å². The summed E-state index contributed by atoms with van der Waals surface area (Å²) in [7, 11) is 0. The van der Waals surface area contributed by atoms with Crippen LogP contribution in [0.25, 0.3) is 44.3 Å². The van der Waals surface area contributed by atoms with Crippen LogP contribution in [0.4, 0.5) is 0 Å². The van der Waals surface area contributed by atoms with Gasteiger partial charge in [-0.15, -0.1) is 0 Å². The molecule has 4 aromatic heterocycles. The first kappa shape index (κ1) is 13.9. The maximum absolute atomic E-state index is 4.60. The molecule has 0 bridgehead atoms. The molecular formula is C21H14N4. The summed E-state index contributed by atoms with van der Waals surface area (Å²) in [6.07, 6.45) is 7.37. The lowest BCUT2D eigenvalue weighted by atomic mass is 10.1. The summed E-state index contributed by atoms with van der Waals surface area (Å²) < 4.78 is 0. The number of benzene rings is 1. The van der Waals surface area contributed by atoms with Crippen LogP contribution in [0, 0.1) is 0 Å². The van der Waals surface area contributed by atoms with E-state index in [4.69, 9.17) is 0 Å². The first-order chi connectivity index (χ1) is 12.4. The van der Waals surface area contributed by atoms with Gasteiger partial charge in [-0.3, -0.25) is 9.97 Å². The number of nitrogens with one attached hydrogen (secondary N) is 1. The van der Waals surface area contributed by atoms with Gasteiger partial charge in [-0.05, 0) is 29.8 Å². The van der Waals surface area contributed by atoms with Crippen LogP contribution in [0.2, 0.25) is 0 Å². The van der Waals surface area contributed by atoms with Crippen LogP contribution >= 0.6 is 0 Å². The van der Waals surface area contributed by atoms with Crippen LogP contribution in [0.3, 0.4) is 0 Å². The fraction of sp³-hybridized carbons (Fsp3) is 0. The molecule has 0 aliphatic carbocycles. The molecular weight excluding hydrogens is 308 g/mol. The number of nitrogens with zero attached hydrogens (tertiary/aromatic N) is 3. The van der Waals surface area contributed by atoms with E-state index in [0.29, 0.717) is 0 Å². The van der Waals surface area contributed by atoms with Gasteiger partial charge in [-0.25, -0.2) is 4.98 Å². The van der Waals surface area contributed by atoms with Crippen molar-refractivity contribution in [2.45, 2.75) is 0 Å².